The van der Waals surface area contributed by atoms with Crippen LogP contribution >= 0.6 is 0 Å². The standard InChI is InChI=1S/C25H26N2O4/c1-4-30-25(29)21-8-10-22(11-9-21)27(16-20-12-14-26-15-13-20)24(28)17-31-23-7-5-6-18(2)19(23)3/h5-15H,4,16-17H2,1-3H3. The number of carbonyl (C=O) groups excluding carboxylic acids is 2. The zero-order valence-electron chi connectivity index (χ0n) is 18.0. The number of anilines is 1. The Balaban J connectivity index is 1.81. The third-order valence-electron chi connectivity index (χ3n) is 4.99. The van der Waals surface area contributed by atoms with E-state index in [1.807, 2.05) is 44.2 Å². The van der Waals surface area contributed by atoms with Crippen molar-refractivity contribution in [2.75, 3.05) is 18.1 Å². The predicted octanol–water partition coefficient (Wildman–Crippen LogP) is 4.49. The third kappa shape index (κ3) is 5.69. The fraction of sp³-hybridized carbons (Fsp3) is 0.240. The Morgan fingerprint density at radius 1 is 0.968 bits per heavy atom. The van der Waals surface area contributed by atoms with Crippen LogP contribution in [-0.2, 0) is 16.1 Å². The monoisotopic (exact) mass is 418 g/mol. The van der Waals surface area contributed by atoms with E-state index in [2.05, 4.69) is 4.98 Å². The number of esters is 1. The molecule has 1 heterocycles. The molecule has 0 unspecified atom stereocenters. The summed E-state index contributed by atoms with van der Waals surface area (Å²) in [7, 11) is 0. The first-order valence-electron chi connectivity index (χ1n) is 10.1. The Hall–Kier alpha value is -3.67. The van der Waals surface area contributed by atoms with Crippen molar-refractivity contribution in [2.24, 2.45) is 0 Å². The summed E-state index contributed by atoms with van der Waals surface area (Å²) in [5.74, 6) is 0.107. The molecular weight excluding hydrogens is 392 g/mol. The summed E-state index contributed by atoms with van der Waals surface area (Å²) in [6, 6.07) is 16.3. The molecular formula is C25H26N2O4. The van der Waals surface area contributed by atoms with Crippen LogP contribution in [-0.4, -0.2) is 30.1 Å². The predicted molar refractivity (Wildman–Crippen MR) is 119 cm³/mol. The Morgan fingerprint density at radius 2 is 1.68 bits per heavy atom. The molecule has 1 amide bonds. The number of pyridine rings is 1. The van der Waals surface area contributed by atoms with Crippen molar-refractivity contribution in [1.29, 1.82) is 0 Å². The molecule has 3 aromatic rings. The van der Waals surface area contributed by atoms with Crippen molar-refractivity contribution in [2.45, 2.75) is 27.3 Å². The van der Waals surface area contributed by atoms with Gasteiger partial charge in [0.1, 0.15) is 5.75 Å². The maximum atomic E-state index is 13.1. The van der Waals surface area contributed by atoms with Gasteiger partial charge in [-0.2, -0.15) is 0 Å². The minimum absolute atomic E-state index is 0.102. The van der Waals surface area contributed by atoms with Gasteiger partial charge >= 0.3 is 5.97 Å². The molecule has 0 saturated carbocycles. The van der Waals surface area contributed by atoms with E-state index in [9.17, 15) is 9.59 Å². The number of aromatic nitrogens is 1. The molecule has 0 aliphatic carbocycles. The van der Waals surface area contributed by atoms with Crippen molar-refractivity contribution in [3.63, 3.8) is 0 Å². The maximum Gasteiger partial charge on any atom is 0.338 e. The van der Waals surface area contributed by atoms with E-state index in [-0.39, 0.29) is 18.5 Å². The highest BCUT2D eigenvalue weighted by molar-refractivity contribution is 5.95. The second-order valence-electron chi connectivity index (χ2n) is 7.09. The second-order valence-corrected chi connectivity index (χ2v) is 7.09. The molecule has 0 aliphatic rings. The van der Waals surface area contributed by atoms with E-state index >= 15 is 0 Å². The maximum absolute atomic E-state index is 13.1. The van der Waals surface area contributed by atoms with Gasteiger partial charge in [0.2, 0.25) is 0 Å². The number of nitrogens with zero attached hydrogens (tertiary/aromatic N) is 2. The van der Waals surface area contributed by atoms with Gasteiger partial charge < -0.3 is 14.4 Å². The van der Waals surface area contributed by atoms with Crippen LogP contribution in [0.1, 0.15) is 34.0 Å². The highest BCUT2D eigenvalue weighted by Gasteiger charge is 2.18. The van der Waals surface area contributed by atoms with Gasteiger partial charge in [0, 0.05) is 18.1 Å². The average molecular weight is 418 g/mol. The molecule has 3 rings (SSSR count). The van der Waals surface area contributed by atoms with E-state index in [4.69, 9.17) is 9.47 Å². The number of ether oxygens (including phenoxy) is 2. The number of amides is 1. The van der Waals surface area contributed by atoms with Crippen molar-refractivity contribution < 1.29 is 19.1 Å². The van der Waals surface area contributed by atoms with Gasteiger partial charge in [-0.15, -0.1) is 0 Å². The van der Waals surface area contributed by atoms with Gasteiger partial charge in [-0.1, -0.05) is 12.1 Å². The zero-order chi connectivity index (χ0) is 22.2. The summed E-state index contributed by atoms with van der Waals surface area (Å²) in [5.41, 5.74) is 4.15. The largest absolute Gasteiger partial charge is 0.483 e. The van der Waals surface area contributed by atoms with E-state index < -0.39 is 0 Å². The molecule has 1 aromatic heterocycles. The first kappa shape index (κ1) is 22.0. The molecule has 6 nitrogen and oxygen atoms in total. The minimum Gasteiger partial charge on any atom is -0.483 e. The minimum atomic E-state index is -0.390. The molecule has 6 heteroatoms. The summed E-state index contributed by atoms with van der Waals surface area (Å²) >= 11 is 0. The topological polar surface area (TPSA) is 68.7 Å². The van der Waals surface area contributed by atoms with Crippen LogP contribution in [0.15, 0.2) is 67.0 Å². The van der Waals surface area contributed by atoms with E-state index in [1.165, 1.54) is 0 Å². The summed E-state index contributed by atoms with van der Waals surface area (Å²) < 4.78 is 10.9. The van der Waals surface area contributed by atoms with Gasteiger partial charge in [-0.05, 0) is 79.9 Å². The second kappa shape index (κ2) is 10.4. The molecule has 0 bridgehead atoms. The number of aryl methyl sites for hydroxylation is 1. The molecule has 0 fully saturated rings. The Labute approximate surface area is 182 Å². The van der Waals surface area contributed by atoms with Crippen LogP contribution < -0.4 is 9.64 Å². The quantitative estimate of drug-likeness (QED) is 0.504. The molecule has 2 aromatic carbocycles. The van der Waals surface area contributed by atoms with Crippen molar-refractivity contribution >= 4 is 17.6 Å². The van der Waals surface area contributed by atoms with Crippen LogP contribution in [0.3, 0.4) is 0 Å². The SMILES string of the molecule is CCOC(=O)c1ccc(N(Cc2ccncc2)C(=O)COc2cccc(C)c2C)cc1. The average Bonchev–Trinajstić information content (AvgIpc) is 2.79. The highest BCUT2D eigenvalue weighted by atomic mass is 16.5. The summed E-state index contributed by atoms with van der Waals surface area (Å²) in [4.78, 5) is 30.7. The Kier molecular flexibility index (Phi) is 7.38. The van der Waals surface area contributed by atoms with Gasteiger partial charge in [0.25, 0.3) is 5.91 Å². The molecule has 0 saturated heterocycles. The summed E-state index contributed by atoms with van der Waals surface area (Å²) in [6.07, 6.45) is 3.38. The number of hydrogen-bond donors (Lipinski definition) is 0. The normalized spacial score (nSPS) is 10.4. The fourth-order valence-electron chi connectivity index (χ4n) is 3.08. The molecule has 0 aliphatic heterocycles. The van der Waals surface area contributed by atoms with Crippen LogP contribution in [0.4, 0.5) is 5.69 Å². The molecule has 0 atom stereocenters. The first-order valence-corrected chi connectivity index (χ1v) is 10.1. The number of rotatable bonds is 8. The fourth-order valence-corrected chi connectivity index (χ4v) is 3.08. The summed E-state index contributed by atoms with van der Waals surface area (Å²) in [6.45, 7) is 6.30. The number of hydrogen-bond acceptors (Lipinski definition) is 5. The number of carbonyl (C=O) groups is 2. The first-order chi connectivity index (χ1) is 15.0. The highest BCUT2D eigenvalue weighted by Crippen LogP contribution is 2.22. The lowest BCUT2D eigenvalue weighted by Gasteiger charge is -2.23. The molecule has 0 radical (unpaired) electrons. The smallest absolute Gasteiger partial charge is 0.338 e. The lowest BCUT2D eigenvalue weighted by atomic mass is 10.1. The zero-order valence-corrected chi connectivity index (χ0v) is 18.0. The van der Waals surface area contributed by atoms with Crippen LogP contribution in [0.5, 0.6) is 5.75 Å². The van der Waals surface area contributed by atoms with E-state index in [0.717, 1.165) is 16.7 Å². The number of benzene rings is 2. The van der Waals surface area contributed by atoms with Gasteiger partial charge in [0.05, 0.1) is 18.7 Å². The van der Waals surface area contributed by atoms with Gasteiger partial charge in [-0.25, -0.2) is 4.79 Å². The Bertz CT molecular complexity index is 1030. The van der Waals surface area contributed by atoms with Crippen molar-refractivity contribution in [3.8, 4) is 5.75 Å². The van der Waals surface area contributed by atoms with Crippen LogP contribution in [0.25, 0.3) is 0 Å². The van der Waals surface area contributed by atoms with Crippen molar-refractivity contribution in [1.82, 2.24) is 4.98 Å². The van der Waals surface area contributed by atoms with Crippen LogP contribution in [0.2, 0.25) is 0 Å². The lowest BCUT2D eigenvalue weighted by Crippen LogP contribution is -2.34. The molecule has 31 heavy (non-hydrogen) atoms. The van der Waals surface area contributed by atoms with Crippen LogP contribution in [0, 0.1) is 13.8 Å². The van der Waals surface area contributed by atoms with E-state index in [0.29, 0.717) is 30.2 Å². The molecule has 160 valence electrons. The van der Waals surface area contributed by atoms with Gasteiger partial charge in [-0.3, -0.25) is 9.78 Å². The summed E-state index contributed by atoms with van der Waals surface area (Å²) in [5, 5.41) is 0. The Morgan fingerprint density at radius 3 is 2.35 bits per heavy atom. The molecule has 0 N–H and O–H groups in total. The van der Waals surface area contributed by atoms with Gasteiger partial charge in [0.15, 0.2) is 6.61 Å². The van der Waals surface area contributed by atoms with E-state index in [1.54, 1.807) is 48.5 Å². The lowest BCUT2D eigenvalue weighted by molar-refractivity contribution is -0.120. The van der Waals surface area contributed by atoms with Crippen molar-refractivity contribution in [3.05, 3.63) is 89.2 Å². The molecule has 0 spiro atoms. The third-order valence-corrected chi connectivity index (χ3v) is 4.99.